The lowest BCUT2D eigenvalue weighted by Crippen LogP contribution is -2.17. The first kappa shape index (κ1) is 7.55. The minimum Gasteiger partial charge on any atom is -0.325 e. The molecule has 0 aromatic carbocycles. The van der Waals surface area contributed by atoms with Crippen LogP contribution in [0.3, 0.4) is 0 Å². The number of hydrogen-bond donors (Lipinski definition) is 2. The minimum atomic E-state index is -0.0128. The summed E-state index contributed by atoms with van der Waals surface area (Å²) in [5, 5.41) is 3.33. The second-order valence-corrected chi connectivity index (χ2v) is 3.12. The first-order valence-corrected chi connectivity index (χ1v) is 4.29. The maximum absolute atomic E-state index is 11.0. The molecule has 1 aliphatic rings. The molecule has 0 bridgehead atoms. The Kier molecular flexibility index (Phi) is 1.96. The van der Waals surface area contributed by atoms with Crippen LogP contribution in [0.4, 0.5) is 0 Å². The molecule has 64 valence electrons. The van der Waals surface area contributed by atoms with E-state index in [1.807, 2.05) is 6.07 Å². The SMILES string of the molecule is O=c1cccc([C@H]2CCCN2)[nH]1. The van der Waals surface area contributed by atoms with E-state index < -0.39 is 0 Å². The highest BCUT2D eigenvalue weighted by atomic mass is 16.1. The van der Waals surface area contributed by atoms with Gasteiger partial charge in [0.1, 0.15) is 0 Å². The Morgan fingerprint density at radius 3 is 3.00 bits per heavy atom. The van der Waals surface area contributed by atoms with Crippen LogP contribution in [0.15, 0.2) is 23.0 Å². The van der Waals surface area contributed by atoms with E-state index in [0.717, 1.165) is 18.7 Å². The molecule has 0 aliphatic carbocycles. The summed E-state index contributed by atoms with van der Waals surface area (Å²) in [4.78, 5) is 13.8. The van der Waals surface area contributed by atoms with Gasteiger partial charge in [0.25, 0.3) is 0 Å². The smallest absolute Gasteiger partial charge is 0.248 e. The van der Waals surface area contributed by atoms with Crippen LogP contribution in [0.1, 0.15) is 24.6 Å². The van der Waals surface area contributed by atoms with E-state index in [4.69, 9.17) is 0 Å². The lowest BCUT2D eigenvalue weighted by atomic mass is 10.1. The highest BCUT2D eigenvalue weighted by molar-refractivity contribution is 5.09. The molecule has 1 saturated heterocycles. The third-order valence-corrected chi connectivity index (χ3v) is 2.23. The van der Waals surface area contributed by atoms with Crippen molar-refractivity contribution < 1.29 is 0 Å². The van der Waals surface area contributed by atoms with Gasteiger partial charge in [-0.15, -0.1) is 0 Å². The molecule has 12 heavy (non-hydrogen) atoms. The molecule has 1 atom stereocenters. The van der Waals surface area contributed by atoms with Gasteiger partial charge in [0.2, 0.25) is 5.56 Å². The van der Waals surface area contributed by atoms with E-state index in [-0.39, 0.29) is 5.56 Å². The van der Waals surface area contributed by atoms with Gasteiger partial charge >= 0.3 is 0 Å². The van der Waals surface area contributed by atoms with Crippen molar-refractivity contribution in [1.29, 1.82) is 0 Å². The van der Waals surface area contributed by atoms with Gasteiger partial charge in [0.05, 0.1) is 0 Å². The lowest BCUT2D eigenvalue weighted by molar-refractivity contribution is 0.625. The predicted molar refractivity (Wildman–Crippen MR) is 47.0 cm³/mol. The fourth-order valence-electron chi connectivity index (χ4n) is 1.62. The van der Waals surface area contributed by atoms with Gasteiger partial charge in [-0.25, -0.2) is 0 Å². The van der Waals surface area contributed by atoms with Crippen molar-refractivity contribution in [2.45, 2.75) is 18.9 Å². The van der Waals surface area contributed by atoms with Crippen LogP contribution in [0.2, 0.25) is 0 Å². The number of pyridine rings is 1. The molecular formula is C9H12N2O. The highest BCUT2D eigenvalue weighted by Crippen LogP contribution is 2.19. The zero-order valence-corrected chi connectivity index (χ0v) is 6.84. The van der Waals surface area contributed by atoms with E-state index in [1.165, 1.54) is 6.42 Å². The van der Waals surface area contributed by atoms with Crippen molar-refractivity contribution in [2.24, 2.45) is 0 Å². The van der Waals surface area contributed by atoms with Crippen molar-refractivity contribution in [3.8, 4) is 0 Å². The topological polar surface area (TPSA) is 44.9 Å². The van der Waals surface area contributed by atoms with Gasteiger partial charge in [-0.05, 0) is 25.5 Å². The third kappa shape index (κ3) is 1.41. The number of nitrogens with one attached hydrogen (secondary N) is 2. The Bertz CT molecular complexity index is 312. The van der Waals surface area contributed by atoms with E-state index in [2.05, 4.69) is 10.3 Å². The van der Waals surface area contributed by atoms with Crippen LogP contribution in [0.25, 0.3) is 0 Å². The second kappa shape index (κ2) is 3.11. The molecule has 0 radical (unpaired) electrons. The quantitative estimate of drug-likeness (QED) is 0.644. The molecule has 1 aromatic heterocycles. The minimum absolute atomic E-state index is 0.0128. The summed E-state index contributed by atoms with van der Waals surface area (Å²) in [6.45, 7) is 1.06. The molecule has 2 N–H and O–H groups in total. The standard InChI is InChI=1S/C9H12N2O/c12-9-5-1-3-8(11-9)7-4-2-6-10-7/h1,3,5,7,10H,2,4,6H2,(H,11,12)/t7-/m1/s1. The molecular weight excluding hydrogens is 152 g/mol. The predicted octanol–water partition coefficient (Wildman–Crippen LogP) is 0.799. The van der Waals surface area contributed by atoms with Gasteiger partial charge in [-0.3, -0.25) is 4.79 Å². The van der Waals surface area contributed by atoms with Crippen molar-refractivity contribution in [1.82, 2.24) is 10.3 Å². The molecule has 0 saturated carbocycles. The first-order valence-electron chi connectivity index (χ1n) is 4.29. The van der Waals surface area contributed by atoms with E-state index in [1.54, 1.807) is 12.1 Å². The monoisotopic (exact) mass is 164 g/mol. The molecule has 3 nitrogen and oxygen atoms in total. The maximum atomic E-state index is 11.0. The van der Waals surface area contributed by atoms with Crippen molar-refractivity contribution in [3.63, 3.8) is 0 Å². The molecule has 2 rings (SSSR count). The molecule has 2 heterocycles. The summed E-state index contributed by atoms with van der Waals surface area (Å²) in [7, 11) is 0. The lowest BCUT2D eigenvalue weighted by Gasteiger charge is -2.08. The van der Waals surface area contributed by atoms with Crippen molar-refractivity contribution >= 4 is 0 Å². The number of H-pyrrole nitrogens is 1. The number of aromatic nitrogens is 1. The number of aromatic amines is 1. The van der Waals surface area contributed by atoms with E-state index in [0.29, 0.717) is 6.04 Å². The van der Waals surface area contributed by atoms with Gasteiger partial charge in [0.15, 0.2) is 0 Å². The molecule has 1 aliphatic heterocycles. The van der Waals surface area contributed by atoms with Crippen LogP contribution in [-0.2, 0) is 0 Å². The van der Waals surface area contributed by atoms with Crippen LogP contribution >= 0.6 is 0 Å². The molecule has 3 heteroatoms. The molecule has 1 aromatic rings. The zero-order valence-electron chi connectivity index (χ0n) is 6.84. The summed E-state index contributed by atoms with van der Waals surface area (Å²) in [6.07, 6.45) is 2.32. The Morgan fingerprint density at radius 1 is 1.42 bits per heavy atom. The largest absolute Gasteiger partial charge is 0.325 e. The van der Waals surface area contributed by atoms with Crippen molar-refractivity contribution in [3.05, 3.63) is 34.2 Å². The number of hydrogen-bond acceptors (Lipinski definition) is 2. The van der Waals surface area contributed by atoms with Crippen LogP contribution < -0.4 is 10.9 Å². The summed E-state index contributed by atoms with van der Waals surface area (Å²) >= 11 is 0. The average molecular weight is 164 g/mol. The fourth-order valence-corrected chi connectivity index (χ4v) is 1.62. The first-order chi connectivity index (χ1) is 5.86. The Balaban J connectivity index is 2.27. The van der Waals surface area contributed by atoms with Crippen LogP contribution in [0, 0.1) is 0 Å². The fraction of sp³-hybridized carbons (Fsp3) is 0.444. The zero-order chi connectivity index (χ0) is 8.39. The normalized spacial score (nSPS) is 22.8. The van der Waals surface area contributed by atoms with Gasteiger partial charge in [-0.2, -0.15) is 0 Å². The molecule has 1 fully saturated rings. The molecule has 0 amide bonds. The van der Waals surface area contributed by atoms with E-state index in [9.17, 15) is 4.79 Å². The Morgan fingerprint density at radius 2 is 2.33 bits per heavy atom. The van der Waals surface area contributed by atoms with Gasteiger partial charge in [-0.1, -0.05) is 6.07 Å². The highest BCUT2D eigenvalue weighted by Gasteiger charge is 2.15. The van der Waals surface area contributed by atoms with Gasteiger partial charge < -0.3 is 10.3 Å². The molecule has 0 unspecified atom stereocenters. The second-order valence-electron chi connectivity index (χ2n) is 3.12. The molecule has 0 spiro atoms. The average Bonchev–Trinajstić information content (AvgIpc) is 2.56. The van der Waals surface area contributed by atoms with E-state index >= 15 is 0 Å². The van der Waals surface area contributed by atoms with Crippen LogP contribution in [-0.4, -0.2) is 11.5 Å². The summed E-state index contributed by atoms with van der Waals surface area (Å²) in [5.74, 6) is 0. The van der Waals surface area contributed by atoms with Crippen molar-refractivity contribution in [2.75, 3.05) is 6.54 Å². The third-order valence-electron chi connectivity index (χ3n) is 2.23. The summed E-state index contributed by atoms with van der Waals surface area (Å²) in [5.41, 5.74) is 1.00. The Labute approximate surface area is 70.8 Å². The van der Waals surface area contributed by atoms with Gasteiger partial charge in [0, 0.05) is 17.8 Å². The summed E-state index contributed by atoms with van der Waals surface area (Å²) < 4.78 is 0. The summed E-state index contributed by atoms with van der Waals surface area (Å²) in [6, 6.07) is 5.66. The number of rotatable bonds is 1. The van der Waals surface area contributed by atoms with Crippen LogP contribution in [0.5, 0.6) is 0 Å². The Hall–Kier alpha value is -1.09. The maximum Gasteiger partial charge on any atom is 0.248 e.